The lowest BCUT2D eigenvalue weighted by atomic mass is 9.59. The van der Waals surface area contributed by atoms with Crippen molar-refractivity contribution in [2.45, 2.75) is 15.2 Å². The fraction of sp³-hybridized carbons (Fsp3) is 0.0159. The van der Waals surface area contributed by atoms with Crippen LogP contribution in [0.4, 0.5) is 17.1 Å². The van der Waals surface area contributed by atoms with Gasteiger partial charge in [0.1, 0.15) is 11.2 Å². The Morgan fingerprint density at radius 1 is 0.373 bits per heavy atom. The minimum absolute atomic E-state index is 0.531. The van der Waals surface area contributed by atoms with Gasteiger partial charge in [0.2, 0.25) is 0 Å². The molecule has 13 aromatic rings. The number of anilines is 3. The summed E-state index contributed by atoms with van der Waals surface area (Å²) in [5.41, 5.74) is 15.7. The standard InChI is InChI=1S/C63H38N2OS/c1-2-18-44-39(14-1)15-13-27-55(44)65-56-26-8-4-20-46(56)47-33-30-41(36-57(47)65)64(42-31-34-49-48-21-5-9-28-58(48)66-59(49)37-42)43-32-35-53-61(38-43)67-60-29-10-7-24-52(60)63(53)51-23-6-3-19-45(51)50-22-11-16-40-17-12-25-54(63)62(40)50/h1-38H. The Morgan fingerprint density at radius 3 is 1.90 bits per heavy atom. The second-order valence-electron chi connectivity index (χ2n) is 17.9. The summed E-state index contributed by atoms with van der Waals surface area (Å²) in [7, 11) is 0. The van der Waals surface area contributed by atoms with E-state index in [2.05, 4.69) is 234 Å². The van der Waals surface area contributed by atoms with E-state index in [1.54, 1.807) is 0 Å². The van der Waals surface area contributed by atoms with Crippen molar-refractivity contribution >= 4 is 94.1 Å². The topological polar surface area (TPSA) is 21.3 Å². The van der Waals surface area contributed by atoms with Gasteiger partial charge in [-0.05, 0) is 110 Å². The molecule has 0 N–H and O–H groups in total. The molecule has 15 rings (SSSR count). The number of fused-ring (bicyclic) bond motifs is 15. The molecular weight excluding hydrogens is 833 g/mol. The minimum atomic E-state index is -0.531. The molecule has 1 aliphatic heterocycles. The number of hydrogen-bond acceptors (Lipinski definition) is 3. The van der Waals surface area contributed by atoms with Crippen LogP contribution in [-0.2, 0) is 5.41 Å². The SMILES string of the molecule is c1ccc2c(c1)Sc1cc(N(c3ccc4c(c3)oc3ccccc34)c3ccc4c5ccccc5n(-c5cccc6ccccc56)c4c3)ccc1C21c2ccccc2-c2cccc3cccc1c23. The van der Waals surface area contributed by atoms with E-state index in [0.717, 1.165) is 50.2 Å². The first-order chi connectivity index (χ1) is 33.2. The average molecular weight is 871 g/mol. The van der Waals surface area contributed by atoms with Crippen LogP contribution in [0.3, 0.4) is 0 Å². The summed E-state index contributed by atoms with van der Waals surface area (Å²) in [4.78, 5) is 4.94. The summed E-state index contributed by atoms with van der Waals surface area (Å²) >= 11 is 1.88. The van der Waals surface area contributed by atoms with Gasteiger partial charge in [-0.15, -0.1) is 0 Å². The second kappa shape index (κ2) is 13.9. The van der Waals surface area contributed by atoms with E-state index in [1.807, 2.05) is 17.8 Å². The van der Waals surface area contributed by atoms with E-state index in [0.29, 0.717) is 0 Å². The van der Waals surface area contributed by atoms with Crippen molar-refractivity contribution in [3.05, 3.63) is 253 Å². The van der Waals surface area contributed by atoms with E-state index in [9.17, 15) is 0 Å². The van der Waals surface area contributed by atoms with E-state index in [4.69, 9.17) is 4.42 Å². The highest BCUT2D eigenvalue weighted by Gasteiger charge is 2.48. The maximum absolute atomic E-state index is 6.60. The van der Waals surface area contributed by atoms with Crippen molar-refractivity contribution in [3.8, 4) is 16.8 Å². The lowest BCUT2D eigenvalue weighted by molar-refractivity contribution is 0.669. The highest BCUT2D eigenvalue weighted by molar-refractivity contribution is 7.99. The van der Waals surface area contributed by atoms with Gasteiger partial charge < -0.3 is 13.9 Å². The molecule has 11 aromatic carbocycles. The average Bonchev–Trinajstić information content (AvgIpc) is 3.92. The number of furan rings is 1. The molecule has 1 unspecified atom stereocenters. The Bertz CT molecular complexity index is 4220. The van der Waals surface area contributed by atoms with Gasteiger partial charge in [0.25, 0.3) is 0 Å². The molecule has 0 bridgehead atoms. The van der Waals surface area contributed by atoms with Crippen LogP contribution in [0, 0.1) is 0 Å². The second-order valence-corrected chi connectivity index (χ2v) is 19.0. The van der Waals surface area contributed by atoms with E-state index in [-0.39, 0.29) is 0 Å². The van der Waals surface area contributed by atoms with Crippen LogP contribution in [-0.4, -0.2) is 4.57 Å². The van der Waals surface area contributed by atoms with Crippen LogP contribution in [0.5, 0.6) is 0 Å². The van der Waals surface area contributed by atoms with Crippen molar-refractivity contribution in [2.75, 3.05) is 4.90 Å². The predicted octanol–water partition coefficient (Wildman–Crippen LogP) is 17.3. The molecule has 0 radical (unpaired) electrons. The normalized spacial score (nSPS) is 14.9. The van der Waals surface area contributed by atoms with Crippen LogP contribution in [0.15, 0.2) is 245 Å². The van der Waals surface area contributed by atoms with Crippen LogP contribution >= 0.6 is 11.8 Å². The molecule has 1 atom stereocenters. The zero-order chi connectivity index (χ0) is 43.8. The molecule has 67 heavy (non-hydrogen) atoms. The molecule has 3 nitrogen and oxygen atoms in total. The van der Waals surface area contributed by atoms with E-state index >= 15 is 0 Å². The Balaban J connectivity index is 1.00. The van der Waals surface area contributed by atoms with Gasteiger partial charge in [-0.2, -0.15) is 0 Å². The van der Waals surface area contributed by atoms with Crippen LogP contribution < -0.4 is 4.90 Å². The van der Waals surface area contributed by atoms with Crippen molar-refractivity contribution < 1.29 is 4.42 Å². The number of nitrogens with zero attached hydrogens (tertiary/aromatic N) is 2. The van der Waals surface area contributed by atoms with Crippen LogP contribution in [0.1, 0.15) is 22.3 Å². The largest absolute Gasteiger partial charge is 0.456 e. The predicted molar refractivity (Wildman–Crippen MR) is 279 cm³/mol. The van der Waals surface area contributed by atoms with Gasteiger partial charge >= 0.3 is 0 Å². The molecule has 1 aliphatic carbocycles. The zero-order valence-electron chi connectivity index (χ0n) is 36.2. The molecule has 4 heteroatoms. The maximum atomic E-state index is 6.60. The summed E-state index contributed by atoms with van der Waals surface area (Å²) in [5, 5.41) is 9.70. The first-order valence-corrected chi connectivity index (χ1v) is 23.8. The number of aromatic nitrogens is 1. The van der Waals surface area contributed by atoms with Gasteiger partial charge in [0.05, 0.1) is 22.1 Å². The highest BCUT2D eigenvalue weighted by atomic mass is 32.2. The smallest absolute Gasteiger partial charge is 0.137 e. The van der Waals surface area contributed by atoms with E-state index < -0.39 is 5.41 Å². The summed E-state index contributed by atoms with van der Waals surface area (Å²) in [6.07, 6.45) is 0. The quantitative estimate of drug-likeness (QED) is 0.176. The van der Waals surface area contributed by atoms with Gasteiger partial charge in [-0.3, -0.25) is 0 Å². The summed E-state index contributed by atoms with van der Waals surface area (Å²) in [5.74, 6) is 0. The summed E-state index contributed by atoms with van der Waals surface area (Å²) in [6.45, 7) is 0. The summed E-state index contributed by atoms with van der Waals surface area (Å²) in [6, 6.07) is 85.3. The van der Waals surface area contributed by atoms with Crippen molar-refractivity contribution in [2.24, 2.45) is 0 Å². The fourth-order valence-electron chi connectivity index (χ4n) is 11.9. The van der Waals surface area contributed by atoms with Gasteiger partial charge in [0, 0.05) is 59.9 Å². The Hall–Kier alpha value is -8.31. The molecular formula is C63H38N2OS. The third kappa shape index (κ3) is 5.08. The monoisotopic (exact) mass is 870 g/mol. The molecule has 312 valence electrons. The lowest BCUT2D eigenvalue weighted by Gasteiger charge is -2.46. The molecule has 0 saturated carbocycles. The lowest BCUT2D eigenvalue weighted by Crippen LogP contribution is -2.36. The van der Waals surface area contributed by atoms with Crippen molar-refractivity contribution in [1.82, 2.24) is 4.57 Å². The Labute approximate surface area is 390 Å². The van der Waals surface area contributed by atoms with Gasteiger partial charge in [-0.1, -0.05) is 176 Å². The summed E-state index contributed by atoms with van der Waals surface area (Å²) < 4.78 is 9.06. The highest BCUT2D eigenvalue weighted by Crippen LogP contribution is 2.62. The first kappa shape index (κ1) is 37.0. The Morgan fingerprint density at radius 2 is 0.970 bits per heavy atom. The Kier molecular flexibility index (Phi) is 7.64. The van der Waals surface area contributed by atoms with Crippen LogP contribution in [0.2, 0.25) is 0 Å². The van der Waals surface area contributed by atoms with Gasteiger partial charge in [-0.25, -0.2) is 0 Å². The molecule has 2 aliphatic rings. The van der Waals surface area contributed by atoms with E-state index in [1.165, 1.54) is 81.0 Å². The number of benzene rings is 11. The molecule has 0 fully saturated rings. The number of rotatable bonds is 4. The maximum Gasteiger partial charge on any atom is 0.137 e. The van der Waals surface area contributed by atoms with Crippen molar-refractivity contribution in [1.29, 1.82) is 0 Å². The van der Waals surface area contributed by atoms with Gasteiger partial charge in [0.15, 0.2) is 0 Å². The van der Waals surface area contributed by atoms with Crippen LogP contribution in [0.25, 0.3) is 82.1 Å². The molecule has 3 heterocycles. The molecule has 0 saturated heterocycles. The zero-order valence-corrected chi connectivity index (χ0v) is 37.0. The molecule has 1 spiro atoms. The third-order valence-electron chi connectivity index (χ3n) is 14.6. The van der Waals surface area contributed by atoms with Crippen molar-refractivity contribution in [3.63, 3.8) is 0 Å². The molecule has 2 aromatic heterocycles. The third-order valence-corrected chi connectivity index (χ3v) is 15.7. The molecule has 0 amide bonds. The minimum Gasteiger partial charge on any atom is -0.456 e. The number of para-hydroxylation sites is 2. The number of hydrogen-bond donors (Lipinski definition) is 0. The first-order valence-electron chi connectivity index (χ1n) is 23.0. The fourth-order valence-corrected chi connectivity index (χ4v) is 13.1.